The van der Waals surface area contributed by atoms with Gasteiger partial charge in [0, 0.05) is 25.9 Å². The molecule has 1 atom stereocenters. The van der Waals surface area contributed by atoms with Gasteiger partial charge in [0.05, 0.1) is 6.04 Å². The highest BCUT2D eigenvalue weighted by Crippen LogP contribution is 2.22. The molecule has 4 nitrogen and oxygen atoms in total. The number of rotatable bonds is 4. The number of nitrogens with two attached hydrogens (primary N) is 1. The van der Waals surface area contributed by atoms with Crippen molar-refractivity contribution in [3.63, 3.8) is 0 Å². The van der Waals surface area contributed by atoms with Gasteiger partial charge in [-0.2, -0.15) is 0 Å². The molecule has 0 unspecified atom stereocenters. The van der Waals surface area contributed by atoms with Crippen molar-refractivity contribution in [2.24, 2.45) is 11.7 Å². The molecular weight excluding hydrogens is 271 g/mol. The van der Waals surface area contributed by atoms with Gasteiger partial charge >= 0.3 is 0 Å². The molecule has 1 amide bonds. The maximum absolute atomic E-state index is 13.5. The van der Waals surface area contributed by atoms with Crippen LogP contribution in [0.15, 0.2) is 24.3 Å². The Hall–Kier alpha value is -1.62. The van der Waals surface area contributed by atoms with Crippen molar-refractivity contribution in [3.05, 3.63) is 30.1 Å². The number of amides is 1. The summed E-state index contributed by atoms with van der Waals surface area (Å²) in [5.74, 6) is 0.0539. The van der Waals surface area contributed by atoms with Gasteiger partial charge in [-0.1, -0.05) is 26.0 Å². The first-order valence-electron chi connectivity index (χ1n) is 7.44. The van der Waals surface area contributed by atoms with E-state index in [1.807, 2.05) is 13.8 Å². The highest BCUT2D eigenvalue weighted by Gasteiger charge is 2.28. The van der Waals surface area contributed by atoms with Crippen LogP contribution in [0, 0.1) is 11.7 Å². The Labute approximate surface area is 125 Å². The summed E-state index contributed by atoms with van der Waals surface area (Å²) >= 11 is 0. The highest BCUT2D eigenvalue weighted by molar-refractivity contribution is 5.82. The van der Waals surface area contributed by atoms with Crippen LogP contribution in [0.2, 0.25) is 0 Å². The Morgan fingerprint density at radius 3 is 2.52 bits per heavy atom. The summed E-state index contributed by atoms with van der Waals surface area (Å²) in [5.41, 5.74) is 5.90. The highest BCUT2D eigenvalue weighted by atomic mass is 19.1. The number of carbonyl (C=O) groups excluding carboxylic acids is 1. The normalized spacial score (nSPS) is 17.9. The molecule has 1 aliphatic heterocycles. The molecule has 0 aliphatic carbocycles. The second-order valence-corrected chi connectivity index (χ2v) is 5.84. The van der Waals surface area contributed by atoms with Crippen molar-refractivity contribution in [2.45, 2.75) is 38.8 Å². The van der Waals surface area contributed by atoms with Crippen molar-refractivity contribution in [1.29, 1.82) is 0 Å². The van der Waals surface area contributed by atoms with Gasteiger partial charge in [-0.15, -0.1) is 0 Å². The number of likely N-dealkylation sites (tertiary alicyclic amines) is 1. The number of piperidine rings is 1. The van der Waals surface area contributed by atoms with Gasteiger partial charge in [0.25, 0.3) is 0 Å². The average Bonchev–Trinajstić information content (AvgIpc) is 2.49. The van der Waals surface area contributed by atoms with Crippen LogP contribution in [0.25, 0.3) is 0 Å². The van der Waals surface area contributed by atoms with Crippen LogP contribution >= 0.6 is 0 Å². The summed E-state index contributed by atoms with van der Waals surface area (Å²) in [6.07, 6.45) is 1.34. The van der Waals surface area contributed by atoms with Crippen LogP contribution < -0.4 is 10.5 Å². The standard InChI is InChI=1S/C16H23FN2O2/c1-11(2)15(18)16(20)19-9-7-12(8-10-19)21-14-6-4-3-5-13(14)17/h3-6,11-12,15H,7-10,18H2,1-2H3/t15-/m0/s1. The summed E-state index contributed by atoms with van der Waals surface area (Å²) in [6.45, 7) is 5.10. The van der Waals surface area contributed by atoms with E-state index in [0.29, 0.717) is 25.9 Å². The average molecular weight is 294 g/mol. The van der Waals surface area contributed by atoms with Gasteiger partial charge in [0.2, 0.25) is 5.91 Å². The Morgan fingerprint density at radius 1 is 1.33 bits per heavy atom. The van der Waals surface area contributed by atoms with Crippen molar-refractivity contribution in [3.8, 4) is 5.75 Å². The predicted octanol–water partition coefficient (Wildman–Crippen LogP) is 2.18. The second-order valence-electron chi connectivity index (χ2n) is 5.84. The van der Waals surface area contributed by atoms with E-state index in [9.17, 15) is 9.18 Å². The van der Waals surface area contributed by atoms with Gasteiger partial charge in [0.15, 0.2) is 11.6 Å². The van der Waals surface area contributed by atoms with Gasteiger partial charge in [-0.3, -0.25) is 4.79 Å². The van der Waals surface area contributed by atoms with Crippen molar-refractivity contribution >= 4 is 5.91 Å². The van der Waals surface area contributed by atoms with E-state index in [1.165, 1.54) is 6.07 Å². The van der Waals surface area contributed by atoms with E-state index in [4.69, 9.17) is 10.5 Å². The Balaban J connectivity index is 1.86. The third kappa shape index (κ3) is 3.94. The summed E-state index contributed by atoms with van der Waals surface area (Å²) < 4.78 is 19.2. The summed E-state index contributed by atoms with van der Waals surface area (Å²) in [5, 5.41) is 0. The van der Waals surface area contributed by atoms with Crippen LogP contribution in [0.1, 0.15) is 26.7 Å². The minimum atomic E-state index is -0.450. The number of halogens is 1. The lowest BCUT2D eigenvalue weighted by Crippen LogP contribution is -2.50. The number of carbonyl (C=O) groups is 1. The van der Waals surface area contributed by atoms with Crippen LogP contribution in [-0.2, 0) is 4.79 Å². The zero-order valence-corrected chi connectivity index (χ0v) is 12.6. The van der Waals surface area contributed by atoms with Gasteiger partial charge in [-0.05, 0) is 18.1 Å². The lowest BCUT2D eigenvalue weighted by molar-refractivity contribution is -0.135. The number of benzene rings is 1. The van der Waals surface area contributed by atoms with E-state index in [-0.39, 0.29) is 29.5 Å². The largest absolute Gasteiger partial charge is 0.487 e. The molecule has 116 valence electrons. The molecule has 1 aromatic carbocycles. The first-order valence-corrected chi connectivity index (χ1v) is 7.44. The SMILES string of the molecule is CC(C)[C@H](N)C(=O)N1CCC(Oc2ccccc2F)CC1. The molecule has 0 bridgehead atoms. The molecule has 21 heavy (non-hydrogen) atoms. The Bertz CT molecular complexity index is 485. The molecule has 1 fully saturated rings. The molecule has 2 rings (SSSR count). The third-order valence-electron chi connectivity index (χ3n) is 3.89. The number of hydrogen-bond acceptors (Lipinski definition) is 3. The fourth-order valence-electron chi connectivity index (χ4n) is 2.41. The molecule has 1 saturated heterocycles. The topological polar surface area (TPSA) is 55.6 Å². The van der Waals surface area contributed by atoms with E-state index in [2.05, 4.69) is 0 Å². The number of hydrogen-bond donors (Lipinski definition) is 1. The first-order chi connectivity index (χ1) is 9.99. The molecule has 1 aromatic rings. The van der Waals surface area contributed by atoms with Gasteiger partial charge in [-0.25, -0.2) is 4.39 Å². The quantitative estimate of drug-likeness (QED) is 0.926. The van der Waals surface area contributed by atoms with Crippen LogP contribution in [-0.4, -0.2) is 36.0 Å². The fraction of sp³-hybridized carbons (Fsp3) is 0.562. The zero-order valence-electron chi connectivity index (χ0n) is 12.6. The maximum Gasteiger partial charge on any atom is 0.239 e. The van der Waals surface area contributed by atoms with Gasteiger partial charge in [0.1, 0.15) is 6.10 Å². The lowest BCUT2D eigenvalue weighted by atomic mass is 10.0. The lowest BCUT2D eigenvalue weighted by Gasteiger charge is -2.34. The molecule has 0 aromatic heterocycles. The molecule has 1 aliphatic rings. The van der Waals surface area contributed by atoms with E-state index in [0.717, 1.165) is 0 Å². The van der Waals surface area contributed by atoms with Crippen molar-refractivity contribution in [2.75, 3.05) is 13.1 Å². The molecule has 1 heterocycles. The van der Waals surface area contributed by atoms with Crippen molar-refractivity contribution < 1.29 is 13.9 Å². The fourth-order valence-corrected chi connectivity index (χ4v) is 2.41. The predicted molar refractivity (Wildman–Crippen MR) is 79.4 cm³/mol. The molecule has 0 saturated carbocycles. The smallest absolute Gasteiger partial charge is 0.239 e. The van der Waals surface area contributed by atoms with E-state index < -0.39 is 6.04 Å². The number of ether oxygens (including phenoxy) is 1. The number of nitrogens with zero attached hydrogens (tertiary/aromatic N) is 1. The monoisotopic (exact) mass is 294 g/mol. The Kier molecular flexibility index (Phi) is 5.17. The maximum atomic E-state index is 13.5. The second kappa shape index (κ2) is 6.89. The minimum Gasteiger partial charge on any atom is -0.487 e. The summed E-state index contributed by atoms with van der Waals surface area (Å²) in [4.78, 5) is 13.9. The third-order valence-corrected chi connectivity index (χ3v) is 3.89. The minimum absolute atomic E-state index is 0.00524. The molecule has 2 N–H and O–H groups in total. The summed E-state index contributed by atoms with van der Waals surface area (Å²) in [6, 6.07) is 5.95. The van der Waals surface area contributed by atoms with Gasteiger partial charge < -0.3 is 15.4 Å². The molecule has 5 heteroatoms. The van der Waals surface area contributed by atoms with E-state index in [1.54, 1.807) is 23.1 Å². The molecule has 0 radical (unpaired) electrons. The summed E-state index contributed by atoms with van der Waals surface area (Å²) in [7, 11) is 0. The molecular formula is C16H23FN2O2. The van der Waals surface area contributed by atoms with Crippen molar-refractivity contribution in [1.82, 2.24) is 4.90 Å². The van der Waals surface area contributed by atoms with Crippen LogP contribution in [0.5, 0.6) is 5.75 Å². The van der Waals surface area contributed by atoms with Crippen LogP contribution in [0.4, 0.5) is 4.39 Å². The molecule has 0 spiro atoms. The zero-order chi connectivity index (χ0) is 15.4. The number of para-hydroxylation sites is 1. The van der Waals surface area contributed by atoms with E-state index >= 15 is 0 Å². The first kappa shape index (κ1) is 15.8. The Morgan fingerprint density at radius 2 is 1.95 bits per heavy atom. The van der Waals surface area contributed by atoms with Crippen LogP contribution in [0.3, 0.4) is 0 Å².